The first kappa shape index (κ1) is 19.5. The molecule has 0 fully saturated rings. The molecule has 0 aliphatic rings. The summed E-state index contributed by atoms with van der Waals surface area (Å²) in [4.78, 5) is 20.5. The maximum Gasteiger partial charge on any atom is 0.224 e. The number of amides is 1. The van der Waals surface area contributed by atoms with Gasteiger partial charge in [0.15, 0.2) is 5.82 Å². The highest BCUT2D eigenvalue weighted by atomic mass is 16.5. The monoisotopic (exact) mass is 379 g/mol. The number of hydrogen-bond donors (Lipinski definition) is 1. The Morgan fingerprint density at radius 1 is 1.11 bits per heavy atom. The molecule has 0 saturated heterocycles. The molecule has 3 rings (SSSR count). The van der Waals surface area contributed by atoms with Gasteiger partial charge in [-0.05, 0) is 63.9 Å². The van der Waals surface area contributed by atoms with E-state index in [0.717, 1.165) is 29.1 Å². The van der Waals surface area contributed by atoms with Crippen LogP contribution in [0.15, 0.2) is 30.3 Å². The summed E-state index contributed by atoms with van der Waals surface area (Å²) >= 11 is 0. The number of rotatable bonds is 6. The number of nitrogens with zero attached hydrogens (tertiary/aromatic N) is 4. The summed E-state index contributed by atoms with van der Waals surface area (Å²) in [5, 5.41) is 7.41. The van der Waals surface area contributed by atoms with Crippen LogP contribution >= 0.6 is 0 Å². The first-order valence-corrected chi connectivity index (χ1v) is 9.34. The number of anilines is 1. The molecule has 0 unspecified atom stereocenters. The molecule has 0 radical (unpaired) electrons. The molecule has 146 valence electrons. The third-order valence-corrected chi connectivity index (χ3v) is 4.51. The minimum Gasteiger partial charge on any atom is -0.439 e. The zero-order valence-corrected chi connectivity index (χ0v) is 16.9. The highest BCUT2D eigenvalue weighted by Gasteiger charge is 2.13. The lowest BCUT2D eigenvalue weighted by Gasteiger charge is -2.10. The molecule has 1 aromatic carbocycles. The molecule has 7 heteroatoms. The first-order chi connectivity index (χ1) is 13.4. The number of hydrogen-bond acceptors (Lipinski definition) is 5. The second-order valence-electron chi connectivity index (χ2n) is 6.74. The SMILES string of the molecule is CCCC(=O)Nc1ccc(Oc2cc(-n3nc(C)c(C)c3C)nc(C)n2)cc1. The van der Waals surface area contributed by atoms with E-state index in [4.69, 9.17) is 4.74 Å². The molecule has 0 saturated carbocycles. The van der Waals surface area contributed by atoms with Crippen molar-refractivity contribution in [2.45, 2.75) is 47.5 Å². The van der Waals surface area contributed by atoms with Gasteiger partial charge in [0.2, 0.25) is 11.8 Å². The van der Waals surface area contributed by atoms with E-state index in [-0.39, 0.29) is 5.91 Å². The fraction of sp³-hybridized carbons (Fsp3) is 0.333. The summed E-state index contributed by atoms with van der Waals surface area (Å²) in [5.41, 5.74) is 3.88. The summed E-state index contributed by atoms with van der Waals surface area (Å²) in [5.74, 6) is 2.34. The number of aryl methyl sites for hydroxylation is 2. The van der Waals surface area contributed by atoms with Gasteiger partial charge in [-0.1, -0.05) is 6.92 Å². The van der Waals surface area contributed by atoms with E-state index in [1.165, 1.54) is 0 Å². The Morgan fingerprint density at radius 2 is 1.82 bits per heavy atom. The summed E-state index contributed by atoms with van der Waals surface area (Å²) in [6, 6.07) is 8.98. The minimum absolute atomic E-state index is 0.00687. The fourth-order valence-corrected chi connectivity index (χ4v) is 2.81. The lowest BCUT2D eigenvalue weighted by molar-refractivity contribution is -0.116. The Kier molecular flexibility index (Phi) is 5.73. The number of carbonyl (C=O) groups excluding carboxylic acids is 1. The molecule has 3 aromatic rings. The van der Waals surface area contributed by atoms with Crippen molar-refractivity contribution in [1.29, 1.82) is 0 Å². The minimum atomic E-state index is 0.00687. The van der Waals surface area contributed by atoms with Gasteiger partial charge in [-0.2, -0.15) is 10.1 Å². The van der Waals surface area contributed by atoms with E-state index in [9.17, 15) is 4.79 Å². The quantitative estimate of drug-likeness (QED) is 0.685. The van der Waals surface area contributed by atoms with Gasteiger partial charge >= 0.3 is 0 Å². The van der Waals surface area contributed by atoms with E-state index in [0.29, 0.717) is 29.7 Å². The van der Waals surface area contributed by atoms with Crippen molar-refractivity contribution in [3.05, 3.63) is 53.1 Å². The van der Waals surface area contributed by atoms with Crippen molar-refractivity contribution in [3.63, 3.8) is 0 Å². The van der Waals surface area contributed by atoms with Crippen molar-refractivity contribution >= 4 is 11.6 Å². The van der Waals surface area contributed by atoms with Gasteiger partial charge in [0.25, 0.3) is 0 Å². The van der Waals surface area contributed by atoms with E-state index >= 15 is 0 Å². The molecule has 2 aromatic heterocycles. The second kappa shape index (κ2) is 8.21. The van der Waals surface area contributed by atoms with E-state index in [1.54, 1.807) is 22.9 Å². The number of carbonyl (C=O) groups is 1. The zero-order valence-electron chi connectivity index (χ0n) is 16.9. The Labute approximate surface area is 164 Å². The van der Waals surface area contributed by atoms with Crippen LogP contribution < -0.4 is 10.1 Å². The Balaban J connectivity index is 1.80. The molecule has 0 aliphatic carbocycles. The largest absolute Gasteiger partial charge is 0.439 e. The number of ether oxygens (including phenoxy) is 1. The first-order valence-electron chi connectivity index (χ1n) is 9.34. The zero-order chi connectivity index (χ0) is 20.3. The highest BCUT2D eigenvalue weighted by molar-refractivity contribution is 5.90. The molecule has 0 bridgehead atoms. The molecule has 0 aliphatic heterocycles. The molecule has 2 heterocycles. The van der Waals surface area contributed by atoms with Gasteiger partial charge in [-0.25, -0.2) is 9.67 Å². The number of aromatic nitrogens is 4. The van der Waals surface area contributed by atoms with Gasteiger partial charge in [0.05, 0.1) is 5.69 Å². The molecule has 28 heavy (non-hydrogen) atoms. The van der Waals surface area contributed by atoms with E-state index < -0.39 is 0 Å². The maximum absolute atomic E-state index is 11.7. The van der Waals surface area contributed by atoms with Crippen LogP contribution in [0.1, 0.15) is 42.5 Å². The van der Waals surface area contributed by atoms with Gasteiger partial charge in [-0.15, -0.1) is 0 Å². The highest BCUT2D eigenvalue weighted by Crippen LogP contribution is 2.24. The van der Waals surface area contributed by atoms with Gasteiger partial charge in [0, 0.05) is 23.9 Å². The van der Waals surface area contributed by atoms with Crippen molar-refractivity contribution in [2.75, 3.05) is 5.32 Å². The van der Waals surface area contributed by atoms with Crippen LogP contribution in [0.2, 0.25) is 0 Å². The lowest BCUT2D eigenvalue weighted by Crippen LogP contribution is -2.10. The van der Waals surface area contributed by atoms with Crippen molar-refractivity contribution < 1.29 is 9.53 Å². The predicted octanol–water partition coefficient (Wildman–Crippen LogP) is 4.43. The van der Waals surface area contributed by atoms with Gasteiger partial charge < -0.3 is 10.1 Å². The van der Waals surface area contributed by atoms with Gasteiger partial charge in [0.1, 0.15) is 11.6 Å². The van der Waals surface area contributed by atoms with E-state index in [2.05, 4.69) is 20.4 Å². The van der Waals surface area contributed by atoms with Crippen molar-refractivity contribution in [2.24, 2.45) is 0 Å². The summed E-state index contributed by atoms with van der Waals surface area (Å²) in [6.07, 6.45) is 1.32. The lowest BCUT2D eigenvalue weighted by atomic mass is 10.2. The third-order valence-electron chi connectivity index (χ3n) is 4.51. The summed E-state index contributed by atoms with van der Waals surface area (Å²) < 4.78 is 7.70. The van der Waals surface area contributed by atoms with Gasteiger partial charge in [-0.3, -0.25) is 4.79 Å². The van der Waals surface area contributed by atoms with Crippen LogP contribution in [0, 0.1) is 27.7 Å². The maximum atomic E-state index is 11.7. The molecular weight excluding hydrogens is 354 g/mol. The standard InChI is InChI=1S/C21H25N5O2/c1-6-7-20(27)24-17-8-10-18(11-9-17)28-21-12-19(22-16(5)23-21)26-15(4)13(2)14(3)25-26/h8-12H,6-7H2,1-5H3,(H,24,27). The average molecular weight is 379 g/mol. The van der Waals surface area contributed by atoms with Crippen LogP contribution in [0.4, 0.5) is 5.69 Å². The van der Waals surface area contributed by atoms with Crippen LogP contribution in [-0.4, -0.2) is 25.7 Å². The summed E-state index contributed by atoms with van der Waals surface area (Å²) in [7, 11) is 0. The van der Waals surface area contributed by atoms with Crippen molar-refractivity contribution in [3.8, 4) is 17.4 Å². The normalized spacial score (nSPS) is 10.8. The predicted molar refractivity (Wildman–Crippen MR) is 108 cm³/mol. The molecule has 0 spiro atoms. The van der Waals surface area contributed by atoms with Crippen LogP contribution in [0.5, 0.6) is 11.6 Å². The van der Waals surface area contributed by atoms with Crippen LogP contribution in [-0.2, 0) is 4.79 Å². The number of benzene rings is 1. The molecular formula is C21H25N5O2. The molecule has 0 atom stereocenters. The Morgan fingerprint density at radius 3 is 2.43 bits per heavy atom. The molecule has 7 nitrogen and oxygen atoms in total. The van der Waals surface area contributed by atoms with Crippen molar-refractivity contribution in [1.82, 2.24) is 19.7 Å². The van der Waals surface area contributed by atoms with E-state index in [1.807, 2.05) is 46.8 Å². The second-order valence-corrected chi connectivity index (χ2v) is 6.74. The smallest absolute Gasteiger partial charge is 0.224 e. The molecule has 1 amide bonds. The molecule has 1 N–H and O–H groups in total. The van der Waals surface area contributed by atoms with Crippen LogP contribution in [0.3, 0.4) is 0 Å². The summed E-state index contributed by atoms with van der Waals surface area (Å²) in [6.45, 7) is 9.83. The Hall–Kier alpha value is -3.22. The van der Waals surface area contributed by atoms with Crippen LogP contribution in [0.25, 0.3) is 5.82 Å². The fourth-order valence-electron chi connectivity index (χ4n) is 2.81. The topological polar surface area (TPSA) is 81.9 Å². The third kappa shape index (κ3) is 4.36. The number of nitrogens with one attached hydrogen (secondary N) is 1. The Bertz CT molecular complexity index is 993. The average Bonchev–Trinajstić information content (AvgIpc) is 2.90.